The smallest absolute Gasteiger partial charge is 0.120 e. The molecule has 3 aromatic rings. The van der Waals surface area contributed by atoms with E-state index in [9.17, 15) is 0 Å². The van der Waals surface area contributed by atoms with Crippen LogP contribution in [-0.2, 0) is 0 Å². The third-order valence-corrected chi connectivity index (χ3v) is 6.30. The van der Waals surface area contributed by atoms with E-state index >= 15 is 0 Å². The van der Waals surface area contributed by atoms with Crippen molar-refractivity contribution < 1.29 is 4.74 Å². The highest BCUT2D eigenvalue weighted by molar-refractivity contribution is 8.03. The highest BCUT2D eigenvalue weighted by atomic mass is 35.5. The molecule has 0 aliphatic carbocycles. The van der Waals surface area contributed by atoms with Crippen LogP contribution in [0.3, 0.4) is 0 Å². The largest absolute Gasteiger partial charge is 0.497 e. The number of hydrogen-bond acceptors (Lipinski definition) is 4. The van der Waals surface area contributed by atoms with Gasteiger partial charge in [-0.05, 0) is 55.8 Å². The van der Waals surface area contributed by atoms with Crippen LogP contribution in [0.4, 0.5) is 5.69 Å². The Morgan fingerprint density at radius 1 is 1.21 bits per heavy atom. The molecule has 4 rings (SSSR count). The van der Waals surface area contributed by atoms with E-state index in [2.05, 4.69) is 59.2 Å². The van der Waals surface area contributed by atoms with Gasteiger partial charge in [0.15, 0.2) is 0 Å². The van der Waals surface area contributed by atoms with Gasteiger partial charge in [0, 0.05) is 34.1 Å². The number of aromatic nitrogens is 1. The molecule has 0 saturated carbocycles. The molecule has 4 nitrogen and oxygen atoms in total. The fourth-order valence-electron chi connectivity index (χ4n) is 3.61. The molecule has 0 bridgehead atoms. The fourth-order valence-corrected chi connectivity index (χ4v) is 4.81. The summed E-state index contributed by atoms with van der Waals surface area (Å²) in [5.41, 5.74) is 4.54. The van der Waals surface area contributed by atoms with Crippen LogP contribution < -0.4 is 9.75 Å². The number of thioether (sulfide) groups is 1. The minimum atomic E-state index is 0.707. The first kappa shape index (κ1) is 19.1. The quantitative estimate of drug-likeness (QED) is 0.509. The molecule has 0 radical (unpaired) electrons. The van der Waals surface area contributed by atoms with E-state index in [1.54, 1.807) is 7.11 Å². The average molecular weight is 414 g/mol. The number of allylic oxidation sites excluding steroid dienone is 1. The van der Waals surface area contributed by atoms with Crippen LogP contribution in [0, 0.1) is 0 Å². The highest BCUT2D eigenvalue weighted by Crippen LogP contribution is 2.43. The molecular formula is C22H24ClN3OS. The number of H-pyrrole nitrogens is 1. The zero-order valence-electron chi connectivity index (χ0n) is 16.3. The lowest BCUT2D eigenvalue weighted by Gasteiger charge is -2.37. The minimum absolute atomic E-state index is 0.707. The van der Waals surface area contributed by atoms with E-state index in [4.69, 9.17) is 16.3 Å². The summed E-state index contributed by atoms with van der Waals surface area (Å²) >= 11 is 8.49. The maximum absolute atomic E-state index is 6.64. The van der Waals surface area contributed by atoms with Crippen LogP contribution in [0.25, 0.3) is 16.6 Å². The molecule has 6 heteroatoms. The van der Waals surface area contributed by atoms with Crippen molar-refractivity contribution in [3.63, 3.8) is 0 Å². The third kappa shape index (κ3) is 3.45. The lowest BCUT2D eigenvalue weighted by atomic mass is 10.1. The first-order chi connectivity index (χ1) is 13.6. The zero-order valence-corrected chi connectivity index (χ0v) is 17.9. The van der Waals surface area contributed by atoms with Crippen LogP contribution >= 0.6 is 23.4 Å². The van der Waals surface area contributed by atoms with E-state index in [0.717, 1.165) is 35.7 Å². The molecule has 0 fully saturated rings. The number of aromatic amines is 1. The van der Waals surface area contributed by atoms with Gasteiger partial charge in [-0.1, -0.05) is 18.5 Å². The van der Waals surface area contributed by atoms with Crippen molar-refractivity contribution in [3.05, 3.63) is 64.2 Å². The second-order valence-electron chi connectivity index (χ2n) is 6.80. The number of rotatable bonds is 6. The predicted octanol–water partition coefficient (Wildman–Crippen LogP) is 6.36. The molecule has 2 heterocycles. The Morgan fingerprint density at radius 3 is 2.82 bits per heavy atom. The van der Waals surface area contributed by atoms with Crippen LogP contribution in [0.1, 0.15) is 25.8 Å². The molecule has 0 spiro atoms. The Labute approximate surface area is 175 Å². The molecule has 1 aromatic heterocycles. The van der Waals surface area contributed by atoms with Gasteiger partial charge in [0.25, 0.3) is 0 Å². The number of hydrogen-bond donors (Lipinski definition) is 1. The van der Waals surface area contributed by atoms with Gasteiger partial charge in [0.1, 0.15) is 5.75 Å². The normalized spacial score (nSPS) is 14.2. The van der Waals surface area contributed by atoms with Gasteiger partial charge in [0.2, 0.25) is 0 Å². The zero-order chi connectivity index (χ0) is 19.7. The Balaban J connectivity index is 1.75. The lowest BCUT2D eigenvalue weighted by molar-refractivity contribution is 0.413. The molecule has 0 saturated heterocycles. The molecule has 1 aliphatic rings. The predicted molar refractivity (Wildman–Crippen MR) is 121 cm³/mol. The standard InChI is InChI=1S/C22H24ClN3OS/c1-4-11-25(17-5-8-21-16(12-17)9-10-24-21)26-14-28-15(2)22(26)19-7-6-18(27-3)13-20(19)23/h5-10,12-13,24H,4,11,14H2,1-3H3. The minimum Gasteiger partial charge on any atom is -0.497 e. The number of hydrazine groups is 1. The lowest BCUT2D eigenvalue weighted by Crippen LogP contribution is -2.40. The molecular weight excluding hydrogens is 390 g/mol. The highest BCUT2D eigenvalue weighted by Gasteiger charge is 2.29. The van der Waals surface area contributed by atoms with Crippen molar-refractivity contribution >= 4 is 45.7 Å². The summed E-state index contributed by atoms with van der Waals surface area (Å²) in [6.45, 7) is 5.31. The summed E-state index contributed by atoms with van der Waals surface area (Å²) < 4.78 is 5.32. The summed E-state index contributed by atoms with van der Waals surface area (Å²) in [6.07, 6.45) is 3.03. The topological polar surface area (TPSA) is 31.5 Å². The van der Waals surface area contributed by atoms with E-state index in [0.29, 0.717) is 5.02 Å². The molecule has 146 valence electrons. The van der Waals surface area contributed by atoms with Crippen LogP contribution in [0.5, 0.6) is 5.75 Å². The second-order valence-corrected chi connectivity index (χ2v) is 8.36. The summed E-state index contributed by atoms with van der Waals surface area (Å²) in [4.78, 5) is 4.55. The Bertz CT molecular complexity index is 1030. The summed E-state index contributed by atoms with van der Waals surface area (Å²) in [7, 11) is 1.66. The van der Waals surface area contributed by atoms with Gasteiger partial charge in [-0.2, -0.15) is 0 Å². The second kappa shape index (κ2) is 8.02. The van der Waals surface area contributed by atoms with Crippen LogP contribution in [0.15, 0.2) is 53.6 Å². The van der Waals surface area contributed by atoms with Gasteiger partial charge in [-0.25, -0.2) is 0 Å². The monoisotopic (exact) mass is 413 g/mol. The summed E-state index contributed by atoms with van der Waals surface area (Å²) in [5, 5.41) is 6.64. The number of nitrogens with one attached hydrogen (secondary N) is 1. The Kier molecular flexibility index (Phi) is 5.47. The maximum Gasteiger partial charge on any atom is 0.120 e. The summed E-state index contributed by atoms with van der Waals surface area (Å²) in [6, 6.07) is 14.6. The van der Waals surface area contributed by atoms with Crippen LogP contribution in [-0.4, -0.2) is 29.5 Å². The molecule has 2 aromatic carbocycles. The van der Waals surface area contributed by atoms with Crippen molar-refractivity contribution in [2.24, 2.45) is 0 Å². The van der Waals surface area contributed by atoms with Gasteiger partial charge in [0.05, 0.1) is 29.4 Å². The molecule has 0 atom stereocenters. The SMILES string of the molecule is CCCN(c1ccc2[nH]ccc2c1)N1CSC(C)=C1c1ccc(OC)cc1Cl. The maximum atomic E-state index is 6.64. The van der Waals surface area contributed by atoms with Gasteiger partial charge < -0.3 is 9.72 Å². The Morgan fingerprint density at radius 2 is 2.07 bits per heavy atom. The van der Waals surface area contributed by atoms with Crippen LogP contribution in [0.2, 0.25) is 5.02 Å². The Hall–Kier alpha value is -2.24. The number of anilines is 1. The molecule has 0 amide bonds. The van der Waals surface area contributed by atoms with E-state index in [1.165, 1.54) is 21.7 Å². The van der Waals surface area contributed by atoms with E-state index < -0.39 is 0 Å². The number of fused-ring (bicyclic) bond motifs is 1. The average Bonchev–Trinajstić information content (AvgIpc) is 3.32. The van der Waals surface area contributed by atoms with Crippen molar-refractivity contribution in [3.8, 4) is 5.75 Å². The first-order valence-electron chi connectivity index (χ1n) is 9.42. The van der Waals surface area contributed by atoms with Gasteiger partial charge in [-0.3, -0.25) is 10.0 Å². The molecule has 1 N–H and O–H groups in total. The van der Waals surface area contributed by atoms with Gasteiger partial charge >= 0.3 is 0 Å². The third-order valence-electron chi connectivity index (χ3n) is 4.99. The van der Waals surface area contributed by atoms with E-state index in [1.807, 2.05) is 30.1 Å². The van der Waals surface area contributed by atoms with Crippen molar-refractivity contribution in [1.82, 2.24) is 9.99 Å². The number of halogens is 1. The van der Waals surface area contributed by atoms with Crippen molar-refractivity contribution in [2.45, 2.75) is 20.3 Å². The number of nitrogens with zero attached hydrogens (tertiary/aromatic N) is 2. The van der Waals surface area contributed by atoms with E-state index in [-0.39, 0.29) is 0 Å². The molecule has 0 unspecified atom stereocenters. The summed E-state index contributed by atoms with van der Waals surface area (Å²) in [5.74, 6) is 1.64. The number of ether oxygens (including phenoxy) is 1. The number of methoxy groups -OCH3 is 1. The van der Waals surface area contributed by atoms with Crippen molar-refractivity contribution in [1.29, 1.82) is 0 Å². The fraction of sp³-hybridized carbons (Fsp3) is 0.273. The van der Waals surface area contributed by atoms with Gasteiger partial charge in [-0.15, -0.1) is 11.8 Å². The molecule has 1 aliphatic heterocycles. The molecule has 28 heavy (non-hydrogen) atoms. The van der Waals surface area contributed by atoms with Crippen molar-refractivity contribution in [2.75, 3.05) is 24.5 Å². The number of benzene rings is 2. The first-order valence-corrected chi connectivity index (χ1v) is 10.8.